The number of amides is 1. The number of carbonyl (C=O) groups is 1. The summed E-state index contributed by atoms with van der Waals surface area (Å²) in [5.41, 5.74) is 1.90. The van der Waals surface area contributed by atoms with E-state index >= 15 is 0 Å². The molecule has 3 rings (SSSR count). The van der Waals surface area contributed by atoms with Gasteiger partial charge in [0.05, 0.1) is 5.69 Å². The minimum Gasteiger partial charge on any atom is -0.506 e. The first-order chi connectivity index (χ1) is 12.0. The SMILES string of the molecule is Cc1ccc(O)c(CN2CCCN(C(=O)c3cccc(F)c3)CC2)n1. The molecule has 6 heteroatoms. The fourth-order valence-electron chi connectivity index (χ4n) is 3.07. The summed E-state index contributed by atoms with van der Waals surface area (Å²) in [5.74, 6) is -0.344. The second-order valence-electron chi connectivity index (χ2n) is 6.35. The van der Waals surface area contributed by atoms with Gasteiger partial charge >= 0.3 is 0 Å². The highest BCUT2D eigenvalue weighted by Gasteiger charge is 2.21. The molecule has 2 aromatic rings. The Morgan fingerprint density at radius 3 is 2.84 bits per heavy atom. The first kappa shape index (κ1) is 17.4. The van der Waals surface area contributed by atoms with Gasteiger partial charge in [-0.3, -0.25) is 14.7 Å². The fourth-order valence-corrected chi connectivity index (χ4v) is 3.07. The lowest BCUT2D eigenvalue weighted by molar-refractivity contribution is 0.0760. The van der Waals surface area contributed by atoms with Crippen molar-refractivity contribution in [2.45, 2.75) is 19.9 Å². The van der Waals surface area contributed by atoms with E-state index in [0.717, 1.165) is 18.7 Å². The number of benzene rings is 1. The Bertz CT molecular complexity index is 766. The third-order valence-corrected chi connectivity index (χ3v) is 4.41. The van der Waals surface area contributed by atoms with Crippen molar-refractivity contribution in [1.82, 2.24) is 14.8 Å². The number of nitrogens with zero attached hydrogens (tertiary/aromatic N) is 3. The van der Waals surface area contributed by atoms with Crippen LogP contribution in [0.4, 0.5) is 4.39 Å². The van der Waals surface area contributed by atoms with Crippen molar-refractivity contribution in [3.8, 4) is 5.75 Å². The Labute approximate surface area is 146 Å². The molecule has 0 radical (unpaired) electrons. The van der Waals surface area contributed by atoms with Crippen LogP contribution in [0.5, 0.6) is 5.75 Å². The molecule has 1 fully saturated rings. The van der Waals surface area contributed by atoms with Gasteiger partial charge in [-0.05, 0) is 43.7 Å². The van der Waals surface area contributed by atoms with Crippen LogP contribution >= 0.6 is 0 Å². The third-order valence-electron chi connectivity index (χ3n) is 4.41. The average Bonchev–Trinajstić information content (AvgIpc) is 2.83. The van der Waals surface area contributed by atoms with Gasteiger partial charge in [0, 0.05) is 44.0 Å². The predicted molar refractivity (Wildman–Crippen MR) is 92.8 cm³/mol. The Morgan fingerprint density at radius 2 is 2.04 bits per heavy atom. The molecule has 0 atom stereocenters. The Morgan fingerprint density at radius 1 is 1.20 bits per heavy atom. The number of halogens is 1. The van der Waals surface area contributed by atoms with E-state index < -0.39 is 5.82 Å². The van der Waals surface area contributed by atoms with E-state index in [1.807, 2.05) is 6.92 Å². The van der Waals surface area contributed by atoms with Crippen molar-refractivity contribution in [3.05, 3.63) is 59.2 Å². The van der Waals surface area contributed by atoms with Gasteiger partial charge in [-0.1, -0.05) is 6.07 Å². The van der Waals surface area contributed by atoms with Crippen LogP contribution in [0.3, 0.4) is 0 Å². The molecule has 5 nitrogen and oxygen atoms in total. The number of aromatic nitrogens is 1. The summed E-state index contributed by atoms with van der Waals surface area (Å²) in [6, 6.07) is 9.25. The Kier molecular flexibility index (Phi) is 5.28. The number of hydrogen-bond acceptors (Lipinski definition) is 4. The molecule has 0 unspecified atom stereocenters. The molecule has 25 heavy (non-hydrogen) atoms. The monoisotopic (exact) mass is 343 g/mol. The van der Waals surface area contributed by atoms with Gasteiger partial charge in [-0.2, -0.15) is 0 Å². The molecule has 1 saturated heterocycles. The number of aryl methyl sites for hydroxylation is 1. The second kappa shape index (κ2) is 7.61. The van der Waals surface area contributed by atoms with Crippen LogP contribution in [0, 0.1) is 12.7 Å². The topological polar surface area (TPSA) is 56.7 Å². The molecular weight excluding hydrogens is 321 g/mol. The first-order valence-electron chi connectivity index (χ1n) is 8.45. The molecule has 0 aliphatic carbocycles. The molecule has 1 aromatic heterocycles. The average molecular weight is 343 g/mol. The molecular formula is C19H22FN3O2. The normalized spacial score (nSPS) is 15.8. The molecule has 0 bridgehead atoms. The van der Waals surface area contributed by atoms with Crippen molar-refractivity contribution in [1.29, 1.82) is 0 Å². The number of aromatic hydroxyl groups is 1. The summed E-state index contributed by atoms with van der Waals surface area (Å²) in [5, 5.41) is 9.96. The van der Waals surface area contributed by atoms with Crippen LogP contribution in [-0.2, 0) is 6.54 Å². The van der Waals surface area contributed by atoms with Crippen molar-refractivity contribution in [3.63, 3.8) is 0 Å². The summed E-state index contributed by atoms with van der Waals surface area (Å²) in [7, 11) is 0. The van der Waals surface area contributed by atoms with Crippen LogP contribution in [0.25, 0.3) is 0 Å². The zero-order valence-electron chi connectivity index (χ0n) is 14.3. The molecule has 2 heterocycles. The quantitative estimate of drug-likeness (QED) is 0.931. The summed E-state index contributed by atoms with van der Waals surface area (Å²) >= 11 is 0. The molecule has 1 amide bonds. The maximum Gasteiger partial charge on any atom is 0.254 e. The van der Waals surface area contributed by atoms with E-state index in [1.54, 1.807) is 29.2 Å². The largest absolute Gasteiger partial charge is 0.506 e. The molecule has 1 N–H and O–H groups in total. The van der Waals surface area contributed by atoms with Crippen molar-refractivity contribution in [2.75, 3.05) is 26.2 Å². The van der Waals surface area contributed by atoms with E-state index in [2.05, 4.69) is 9.88 Å². The smallest absolute Gasteiger partial charge is 0.254 e. The summed E-state index contributed by atoms with van der Waals surface area (Å²) < 4.78 is 13.3. The van der Waals surface area contributed by atoms with Crippen LogP contribution in [0.15, 0.2) is 36.4 Å². The zero-order valence-corrected chi connectivity index (χ0v) is 14.3. The third kappa shape index (κ3) is 4.33. The maximum absolute atomic E-state index is 13.3. The predicted octanol–water partition coefficient (Wildman–Crippen LogP) is 2.58. The van der Waals surface area contributed by atoms with Crippen LogP contribution in [0.1, 0.15) is 28.2 Å². The van der Waals surface area contributed by atoms with Gasteiger partial charge < -0.3 is 10.0 Å². The molecule has 132 valence electrons. The lowest BCUT2D eigenvalue weighted by Crippen LogP contribution is -2.35. The minimum atomic E-state index is -0.400. The zero-order chi connectivity index (χ0) is 17.8. The number of pyridine rings is 1. The standard InChI is InChI=1S/C19H22FN3O2/c1-14-6-7-18(24)17(21-14)13-22-8-3-9-23(11-10-22)19(25)15-4-2-5-16(20)12-15/h2,4-7,12,24H,3,8-11,13H2,1H3. The Hall–Kier alpha value is -2.47. The van der Waals surface area contributed by atoms with Crippen molar-refractivity contribution < 1.29 is 14.3 Å². The van der Waals surface area contributed by atoms with Crippen molar-refractivity contribution >= 4 is 5.91 Å². The molecule has 0 spiro atoms. The highest BCUT2D eigenvalue weighted by molar-refractivity contribution is 5.94. The fraction of sp³-hybridized carbons (Fsp3) is 0.368. The lowest BCUT2D eigenvalue weighted by Gasteiger charge is -2.22. The van der Waals surface area contributed by atoms with E-state index in [4.69, 9.17) is 0 Å². The molecule has 1 aliphatic rings. The molecule has 1 aliphatic heterocycles. The van der Waals surface area contributed by atoms with Crippen LogP contribution in [0.2, 0.25) is 0 Å². The number of rotatable bonds is 3. The van der Waals surface area contributed by atoms with Gasteiger partial charge in [0.2, 0.25) is 0 Å². The van der Waals surface area contributed by atoms with Gasteiger partial charge in [-0.15, -0.1) is 0 Å². The Balaban J connectivity index is 1.64. The first-order valence-corrected chi connectivity index (χ1v) is 8.45. The van der Waals surface area contributed by atoms with Gasteiger partial charge in [0.1, 0.15) is 11.6 Å². The minimum absolute atomic E-state index is 0.141. The number of carbonyl (C=O) groups excluding carboxylic acids is 1. The van der Waals surface area contributed by atoms with E-state index in [9.17, 15) is 14.3 Å². The highest BCUT2D eigenvalue weighted by atomic mass is 19.1. The van der Waals surface area contributed by atoms with Gasteiger partial charge in [0.15, 0.2) is 0 Å². The maximum atomic E-state index is 13.3. The molecule has 0 saturated carbocycles. The highest BCUT2D eigenvalue weighted by Crippen LogP contribution is 2.18. The van der Waals surface area contributed by atoms with Crippen LogP contribution < -0.4 is 0 Å². The van der Waals surface area contributed by atoms with Crippen LogP contribution in [-0.4, -0.2) is 52.0 Å². The summed E-state index contributed by atoms with van der Waals surface area (Å²) in [6.45, 7) is 5.17. The van der Waals surface area contributed by atoms with Gasteiger partial charge in [-0.25, -0.2) is 4.39 Å². The van der Waals surface area contributed by atoms with Crippen molar-refractivity contribution in [2.24, 2.45) is 0 Å². The summed E-state index contributed by atoms with van der Waals surface area (Å²) in [6.07, 6.45) is 0.827. The molecule has 1 aromatic carbocycles. The second-order valence-corrected chi connectivity index (χ2v) is 6.35. The lowest BCUT2D eigenvalue weighted by atomic mass is 10.2. The number of hydrogen-bond donors (Lipinski definition) is 1. The van der Waals surface area contributed by atoms with E-state index in [-0.39, 0.29) is 11.7 Å². The van der Waals surface area contributed by atoms with E-state index in [1.165, 1.54) is 12.1 Å². The van der Waals surface area contributed by atoms with E-state index in [0.29, 0.717) is 37.4 Å². The summed E-state index contributed by atoms with van der Waals surface area (Å²) in [4.78, 5) is 20.9. The van der Waals surface area contributed by atoms with Gasteiger partial charge in [0.25, 0.3) is 5.91 Å².